The number of hydrogen-bond acceptors (Lipinski definition) is 16. The molecule has 10 atom stereocenters. The summed E-state index contributed by atoms with van der Waals surface area (Å²) in [5.74, 6) is 2.44. The number of aromatic nitrogens is 4. The summed E-state index contributed by atoms with van der Waals surface area (Å²) in [5.41, 5.74) is 3.34. The topological polar surface area (TPSA) is 216 Å². The van der Waals surface area contributed by atoms with Crippen molar-refractivity contribution in [3.63, 3.8) is 0 Å². The van der Waals surface area contributed by atoms with Crippen LogP contribution < -0.4 is 11.1 Å². The Labute approximate surface area is 479 Å². The normalized spacial score (nSPS) is 30.0. The van der Waals surface area contributed by atoms with E-state index >= 15 is 0 Å². The van der Waals surface area contributed by atoms with Crippen LogP contribution in [0.15, 0.2) is 58.1 Å². The van der Waals surface area contributed by atoms with Gasteiger partial charge in [0.25, 0.3) is 11.1 Å². The molecule has 12 rings (SSSR count). The van der Waals surface area contributed by atoms with Crippen LogP contribution in [0.4, 0.5) is 0 Å². The van der Waals surface area contributed by atoms with E-state index in [0.29, 0.717) is 74.5 Å². The number of carbonyl (C=O) groups excluding carboxylic acids is 3. The Hall–Kier alpha value is -4.90. The number of rotatable bonds is 14. The van der Waals surface area contributed by atoms with Gasteiger partial charge in [-0.3, -0.25) is 33.8 Å². The van der Waals surface area contributed by atoms with Gasteiger partial charge in [0.2, 0.25) is 0 Å². The van der Waals surface area contributed by atoms with Crippen LogP contribution in [0.1, 0.15) is 183 Å². The number of benzene rings is 2. The molecule has 0 spiro atoms. The van der Waals surface area contributed by atoms with E-state index in [4.69, 9.17) is 35.3 Å². The summed E-state index contributed by atoms with van der Waals surface area (Å²) in [6, 6.07) is 18.3. The van der Waals surface area contributed by atoms with Crippen molar-refractivity contribution in [2.24, 2.45) is 23.7 Å². The number of fused-ring (bicyclic) bond motifs is 10. The second-order valence-electron chi connectivity index (χ2n) is 24.5. The van der Waals surface area contributed by atoms with E-state index in [9.17, 15) is 24.0 Å². The molecule has 8 aliphatic rings. The fourth-order valence-corrected chi connectivity index (χ4v) is 16.3. The number of piperidine rings is 2. The molecular weight excluding hydrogens is 1070 g/mol. The van der Waals surface area contributed by atoms with E-state index in [1.807, 2.05) is 64.6 Å². The van der Waals surface area contributed by atoms with Gasteiger partial charge >= 0.3 is 37.3 Å². The summed E-state index contributed by atoms with van der Waals surface area (Å²) in [6.07, 6.45) is 24.1. The summed E-state index contributed by atoms with van der Waals surface area (Å²) >= 11 is -3.79. The van der Waals surface area contributed by atoms with Gasteiger partial charge in [0.05, 0.1) is 68.1 Å². The van der Waals surface area contributed by atoms with Gasteiger partial charge in [-0.15, -0.1) is 0 Å². The Morgan fingerprint density at radius 1 is 0.519 bits per heavy atom. The molecule has 81 heavy (non-hydrogen) atoms. The number of carbonyl (C=O) groups is 3. The Bertz CT molecular complexity index is 3040. The number of hydrogen-bond donors (Lipinski definition) is 0. The Kier molecular flexibility index (Phi) is 20.2. The summed E-state index contributed by atoms with van der Waals surface area (Å²) < 4.78 is 51.7. The molecule has 4 saturated heterocycles. The van der Waals surface area contributed by atoms with Crippen molar-refractivity contribution in [3.8, 4) is 0 Å². The molecular formula is C62H84CrN6O12. The number of nitrogens with zero attached hydrogens (tertiary/aromatic N) is 6. The molecule has 4 aliphatic heterocycles. The van der Waals surface area contributed by atoms with Gasteiger partial charge in [-0.25, -0.2) is 9.97 Å². The van der Waals surface area contributed by atoms with Crippen molar-refractivity contribution in [1.82, 2.24) is 28.9 Å². The number of Topliss-reactive ketones (excluding diaryl/α,β-unsaturated/α-hetero) is 1. The molecule has 0 amide bonds. The maximum atomic E-state index is 13.9. The minimum absolute atomic E-state index is 0.00804. The molecule has 2 aromatic heterocycles. The molecule has 6 unspecified atom stereocenters. The van der Waals surface area contributed by atoms with Gasteiger partial charge in [-0.2, -0.15) is 0 Å². The van der Waals surface area contributed by atoms with Crippen molar-refractivity contribution in [2.45, 2.75) is 210 Å². The van der Waals surface area contributed by atoms with Crippen LogP contribution >= 0.6 is 0 Å². The molecule has 6 heterocycles. The van der Waals surface area contributed by atoms with E-state index in [1.54, 1.807) is 6.92 Å². The average molecular weight is 1160 g/mol. The minimum atomic E-state index is -3.79. The monoisotopic (exact) mass is 1160 g/mol. The number of aryl methyl sites for hydroxylation is 1. The van der Waals surface area contributed by atoms with Crippen molar-refractivity contribution < 1.29 is 58.7 Å². The van der Waals surface area contributed by atoms with E-state index in [1.165, 1.54) is 89.9 Å². The van der Waals surface area contributed by atoms with Crippen LogP contribution in [-0.4, -0.2) is 123 Å². The molecule has 8 bridgehead atoms. The van der Waals surface area contributed by atoms with E-state index in [2.05, 4.69) is 14.8 Å². The molecule has 440 valence electrons. The number of ketones is 1. The third kappa shape index (κ3) is 14.2. The number of morpholine rings is 2. The SMILES string of the molecule is CCOC(=O)CCC(=O)c1nc2ccccc2n(C2C[C@H]3COC[C@@H](C2)N3C2CC3CCCCC(C3)C2)c1=O.CCOC(=O)CCCc1nc2ccccc2n(C2C[C@H]3COC[C@@H](C2)N3C2CC3CCCCC(C3)C2)c1=O.[O]=[Cr](=[O])=[O]. The molecule has 4 aromatic rings. The first-order chi connectivity index (χ1) is 39.3. The van der Waals surface area contributed by atoms with Gasteiger partial charge < -0.3 is 28.1 Å². The van der Waals surface area contributed by atoms with Crippen LogP contribution in [-0.2, 0) is 60.3 Å². The Balaban J connectivity index is 0.000000171. The van der Waals surface area contributed by atoms with Gasteiger partial charge in [-0.1, -0.05) is 75.6 Å². The maximum absolute atomic E-state index is 13.9. The summed E-state index contributed by atoms with van der Waals surface area (Å²) in [4.78, 5) is 79.5. The molecule has 4 aliphatic carbocycles. The van der Waals surface area contributed by atoms with Crippen LogP contribution in [0.3, 0.4) is 0 Å². The summed E-state index contributed by atoms with van der Waals surface area (Å²) in [6.45, 7) is 7.12. The third-order valence-electron chi connectivity index (χ3n) is 19.3. The Morgan fingerprint density at radius 3 is 1.37 bits per heavy atom. The van der Waals surface area contributed by atoms with Gasteiger partial charge in [0.15, 0.2) is 11.5 Å². The zero-order valence-electron chi connectivity index (χ0n) is 47.5. The molecule has 2 aromatic carbocycles. The van der Waals surface area contributed by atoms with Crippen LogP contribution in [0, 0.1) is 23.7 Å². The quantitative estimate of drug-likeness (QED) is 0.0849. The number of para-hydroxylation sites is 4. The Morgan fingerprint density at radius 2 is 0.926 bits per heavy atom. The first kappa shape index (κ1) is 59.3. The second kappa shape index (κ2) is 27.7. The second-order valence-corrected chi connectivity index (χ2v) is 25.2. The molecule has 18 nitrogen and oxygen atoms in total. The first-order valence-corrected chi connectivity index (χ1v) is 32.2. The van der Waals surface area contributed by atoms with E-state index in [0.717, 1.165) is 79.1 Å². The molecule has 19 heteroatoms. The fourth-order valence-electron chi connectivity index (χ4n) is 16.3. The zero-order valence-corrected chi connectivity index (χ0v) is 48.8. The van der Waals surface area contributed by atoms with Gasteiger partial charge in [0, 0.05) is 61.2 Å². The van der Waals surface area contributed by atoms with E-state index < -0.39 is 25.7 Å². The summed E-state index contributed by atoms with van der Waals surface area (Å²) in [7, 11) is 0. The standard InChI is InChI=1S/C31H41N3O5.C31H43N3O4.Cr.3O/c1-2-39-29(36)12-11-28(35)30-31(37)34(27-10-6-5-9-26(27)32-30)23-16-24-18-38-19-25(17-23)33(24)22-14-20-7-3-4-8-21(13-20)15-22;1-2-38-30(35)13-7-11-28-31(36)34(29-12-6-5-10-27(29)32-28)24-17-25-19-37-20-26(18-24)33(25)23-15-21-8-3-4-9-22(14-21)16-23;;;;/h5-6,9-10,20-25H,2-4,7-8,11-19H2,1H3;5-6,10,12,21-26H,2-4,7-9,11,13-20H2,1H3;;;;/t20?,21?,22?,23?,24-,25+;21?,22?,23?,24?,25-,26+;;;;. The summed E-state index contributed by atoms with van der Waals surface area (Å²) in [5, 5.41) is 0. The van der Waals surface area contributed by atoms with E-state index in [-0.39, 0.29) is 66.4 Å². The van der Waals surface area contributed by atoms with Crippen molar-refractivity contribution in [2.75, 3.05) is 39.6 Å². The van der Waals surface area contributed by atoms with Crippen molar-refractivity contribution in [1.29, 1.82) is 0 Å². The third-order valence-corrected chi connectivity index (χ3v) is 19.3. The van der Waals surface area contributed by atoms with Crippen LogP contribution in [0.5, 0.6) is 0 Å². The number of esters is 2. The number of ether oxygens (including phenoxy) is 4. The molecule has 8 fully saturated rings. The zero-order chi connectivity index (χ0) is 56.6. The molecule has 4 saturated carbocycles. The molecule has 0 radical (unpaired) electrons. The van der Waals surface area contributed by atoms with Gasteiger partial charge in [0.1, 0.15) is 5.69 Å². The molecule has 0 N–H and O–H groups in total. The predicted octanol–water partition coefficient (Wildman–Crippen LogP) is 9.37. The predicted molar refractivity (Wildman–Crippen MR) is 297 cm³/mol. The van der Waals surface area contributed by atoms with Crippen molar-refractivity contribution >= 4 is 39.8 Å². The van der Waals surface area contributed by atoms with Crippen LogP contribution in [0.2, 0.25) is 0 Å². The van der Waals surface area contributed by atoms with Gasteiger partial charge in [-0.05, 0) is 139 Å². The van der Waals surface area contributed by atoms with Crippen molar-refractivity contribution in [3.05, 3.63) is 80.6 Å². The fraction of sp³-hybridized carbons (Fsp3) is 0.694. The average Bonchev–Trinajstić information content (AvgIpc) is 3.73. The first-order valence-electron chi connectivity index (χ1n) is 30.7. The van der Waals surface area contributed by atoms with Crippen LogP contribution in [0.25, 0.3) is 22.1 Å².